The molecule has 1 fully saturated rings. The summed E-state index contributed by atoms with van der Waals surface area (Å²) >= 11 is 0. The van der Waals surface area contributed by atoms with Crippen molar-refractivity contribution in [1.29, 1.82) is 0 Å². The highest BCUT2D eigenvalue weighted by molar-refractivity contribution is 5.83. The van der Waals surface area contributed by atoms with Crippen LogP contribution in [0.3, 0.4) is 0 Å². The van der Waals surface area contributed by atoms with E-state index in [-0.39, 0.29) is 6.03 Å². The Labute approximate surface area is 85.2 Å². The molecule has 0 atom stereocenters. The zero-order valence-corrected chi connectivity index (χ0v) is 9.14. The van der Waals surface area contributed by atoms with Crippen LogP contribution in [0.5, 0.6) is 0 Å². The molecule has 0 aromatic rings. The van der Waals surface area contributed by atoms with Crippen molar-refractivity contribution >= 4 is 6.03 Å². The maximum Gasteiger partial charge on any atom is 0.323 e. The van der Waals surface area contributed by atoms with Crippen molar-refractivity contribution in [1.82, 2.24) is 10.2 Å². The highest BCUT2D eigenvalue weighted by atomic mass is 16.2. The summed E-state index contributed by atoms with van der Waals surface area (Å²) in [6.45, 7) is 11.3. The molecule has 0 unspecified atom stereocenters. The van der Waals surface area contributed by atoms with Crippen molar-refractivity contribution in [2.45, 2.75) is 38.8 Å². The van der Waals surface area contributed by atoms with Gasteiger partial charge in [0.05, 0.1) is 5.54 Å². The summed E-state index contributed by atoms with van der Waals surface area (Å²) in [4.78, 5) is 13.2. The van der Waals surface area contributed by atoms with Gasteiger partial charge in [-0.25, -0.2) is 4.79 Å². The van der Waals surface area contributed by atoms with Gasteiger partial charge in [-0.15, -0.1) is 6.42 Å². The second-order valence-electron chi connectivity index (χ2n) is 4.54. The average Bonchev–Trinajstić information content (AvgIpc) is 2.22. The summed E-state index contributed by atoms with van der Waals surface area (Å²) in [6.07, 6.45) is 5.39. The first kappa shape index (κ1) is 10.6. The van der Waals surface area contributed by atoms with Crippen molar-refractivity contribution in [2.75, 3.05) is 0 Å². The van der Waals surface area contributed by atoms with E-state index in [1.54, 1.807) is 0 Å². The Kier molecular flexibility index (Phi) is 2.11. The molecule has 0 bridgehead atoms. The number of nitrogens with one attached hydrogen (secondary N) is 1. The van der Waals surface area contributed by atoms with Crippen LogP contribution >= 0.6 is 0 Å². The number of nitrogens with zero attached hydrogens (tertiary/aromatic N) is 1. The van der Waals surface area contributed by atoms with E-state index in [2.05, 4.69) is 17.8 Å². The van der Waals surface area contributed by atoms with Gasteiger partial charge in [0.2, 0.25) is 0 Å². The third kappa shape index (κ3) is 1.37. The van der Waals surface area contributed by atoms with Crippen LogP contribution < -0.4 is 5.32 Å². The topological polar surface area (TPSA) is 32.3 Å². The fourth-order valence-electron chi connectivity index (χ4n) is 1.45. The maximum absolute atomic E-state index is 11.7. The minimum absolute atomic E-state index is 0.178. The van der Waals surface area contributed by atoms with Gasteiger partial charge in [-0.3, -0.25) is 4.90 Å². The lowest BCUT2D eigenvalue weighted by Crippen LogP contribution is -2.43. The fourth-order valence-corrected chi connectivity index (χ4v) is 1.45. The Morgan fingerprint density at radius 2 is 2.07 bits per heavy atom. The van der Waals surface area contributed by atoms with Crippen LogP contribution in [0.2, 0.25) is 0 Å². The molecular formula is C11H16N2O. The van der Waals surface area contributed by atoms with Crippen LogP contribution in [-0.2, 0) is 0 Å². The predicted molar refractivity (Wildman–Crippen MR) is 56.5 cm³/mol. The van der Waals surface area contributed by atoms with E-state index in [1.165, 1.54) is 4.90 Å². The molecule has 0 aromatic carbocycles. The number of amides is 2. The Morgan fingerprint density at radius 3 is 2.36 bits per heavy atom. The van der Waals surface area contributed by atoms with Gasteiger partial charge in [-0.2, -0.15) is 0 Å². The molecular weight excluding hydrogens is 176 g/mol. The normalized spacial score (nSPS) is 20.6. The molecule has 3 heteroatoms. The molecule has 0 spiro atoms. The van der Waals surface area contributed by atoms with Crippen molar-refractivity contribution in [3.63, 3.8) is 0 Å². The van der Waals surface area contributed by atoms with Gasteiger partial charge < -0.3 is 5.32 Å². The van der Waals surface area contributed by atoms with Crippen LogP contribution in [0.15, 0.2) is 12.3 Å². The minimum Gasteiger partial charge on any atom is -0.327 e. The fraction of sp³-hybridized carbons (Fsp3) is 0.545. The van der Waals surface area contributed by atoms with Crippen LogP contribution in [0, 0.1) is 12.3 Å². The molecule has 1 N–H and O–H groups in total. The van der Waals surface area contributed by atoms with Gasteiger partial charge in [0, 0.05) is 5.70 Å². The Morgan fingerprint density at radius 1 is 1.57 bits per heavy atom. The average molecular weight is 192 g/mol. The molecule has 1 saturated heterocycles. The number of hydrogen-bond donors (Lipinski definition) is 1. The smallest absolute Gasteiger partial charge is 0.323 e. The van der Waals surface area contributed by atoms with E-state index >= 15 is 0 Å². The van der Waals surface area contributed by atoms with Gasteiger partial charge in [0.15, 0.2) is 0 Å². The number of carbonyl (C=O) groups is 1. The van der Waals surface area contributed by atoms with Crippen molar-refractivity contribution < 1.29 is 4.79 Å². The maximum atomic E-state index is 11.7. The second-order valence-corrected chi connectivity index (χ2v) is 4.54. The highest BCUT2D eigenvalue weighted by Crippen LogP contribution is 2.31. The first-order valence-corrected chi connectivity index (χ1v) is 4.52. The van der Waals surface area contributed by atoms with E-state index in [4.69, 9.17) is 6.42 Å². The lowest BCUT2D eigenvalue weighted by atomic mass is 9.98. The number of carbonyl (C=O) groups excluding carboxylic acids is 1. The molecule has 1 rings (SSSR count). The SMILES string of the molecule is C#CC(C)(C)N1C(=C)C(C)(C)NC1=O. The van der Waals surface area contributed by atoms with E-state index in [0.29, 0.717) is 5.70 Å². The van der Waals surface area contributed by atoms with Crippen LogP contribution in [0.1, 0.15) is 27.7 Å². The first-order chi connectivity index (χ1) is 6.22. The molecule has 1 aliphatic heterocycles. The molecule has 0 aromatic heterocycles. The number of terminal acetylenes is 1. The molecule has 1 heterocycles. The third-order valence-electron chi connectivity index (χ3n) is 2.53. The molecule has 0 saturated carbocycles. The minimum atomic E-state index is -0.630. The molecule has 1 aliphatic rings. The molecule has 76 valence electrons. The Bertz CT molecular complexity index is 334. The molecule has 0 radical (unpaired) electrons. The van der Waals surface area contributed by atoms with Crippen LogP contribution in [-0.4, -0.2) is 22.0 Å². The zero-order valence-electron chi connectivity index (χ0n) is 9.14. The van der Waals surface area contributed by atoms with Gasteiger partial charge >= 0.3 is 6.03 Å². The van der Waals surface area contributed by atoms with Gasteiger partial charge in [-0.1, -0.05) is 12.5 Å². The number of rotatable bonds is 1. The largest absolute Gasteiger partial charge is 0.327 e. The van der Waals surface area contributed by atoms with Gasteiger partial charge in [0.1, 0.15) is 5.54 Å². The lowest BCUT2D eigenvalue weighted by Gasteiger charge is -2.31. The first-order valence-electron chi connectivity index (χ1n) is 4.52. The molecule has 3 nitrogen and oxygen atoms in total. The van der Waals surface area contributed by atoms with Gasteiger partial charge in [0.25, 0.3) is 0 Å². The number of hydrogen-bond acceptors (Lipinski definition) is 1. The van der Waals surface area contributed by atoms with E-state index in [9.17, 15) is 4.79 Å². The van der Waals surface area contributed by atoms with Crippen molar-refractivity contribution in [3.05, 3.63) is 12.3 Å². The van der Waals surface area contributed by atoms with Crippen LogP contribution in [0.4, 0.5) is 4.79 Å². The Balaban J connectivity index is 3.11. The summed E-state index contributed by atoms with van der Waals surface area (Å²) in [7, 11) is 0. The molecule has 14 heavy (non-hydrogen) atoms. The summed E-state index contributed by atoms with van der Waals surface area (Å²) in [5.74, 6) is 2.59. The molecule has 2 amide bonds. The number of urea groups is 1. The monoisotopic (exact) mass is 192 g/mol. The summed E-state index contributed by atoms with van der Waals surface area (Å²) in [6, 6.07) is -0.178. The zero-order chi connectivity index (χ0) is 11.1. The third-order valence-corrected chi connectivity index (χ3v) is 2.53. The summed E-state index contributed by atoms with van der Waals surface area (Å²) in [5.41, 5.74) is -0.328. The van der Waals surface area contributed by atoms with E-state index in [1.807, 2.05) is 27.7 Å². The quantitative estimate of drug-likeness (QED) is 0.630. The van der Waals surface area contributed by atoms with E-state index in [0.717, 1.165) is 0 Å². The predicted octanol–water partition coefficient (Wildman–Crippen LogP) is 1.72. The standard InChI is InChI=1S/C11H16N2O/c1-7-10(3,4)13-8(2)11(5,6)12-9(13)14/h1H,2H2,3-6H3,(H,12,14). The molecule has 0 aliphatic carbocycles. The Hall–Kier alpha value is -1.43. The summed E-state index contributed by atoms with van der Waals surface area (Å²) < 4.78 is 0. The van der Waals surface area contributed by atoms with Crippen molar-refractivity contribution in [2.24, 2.45) is 0 Å². The summed E-state index contributed by atoms with van der Waals surface area (Å²) in [5, 5.41) is 2.83. The lowest BCUT2D eigenvalue weighted by molar-refractivity contribution is 0.201. The van der Waals surface area contributed by atoms with Gasteiger partial charge in [-0.05, 0) is 27.7 Å². The van der Waals surface area contributed by atoms with E-state index < -0.39 is 11.1 Å². The van der Waals surface area contributed by atoms with Crippen LogP contribution in [0.25, 0.3) is 0 Å². The second kappa shape index (κ2) is 2.78. The van der Waals surface area contributed by atoms with Crippen molar-refractivity contribution in [3.8, 4) is 12.3 Å². The highest BCUT2D eigenvalue weighted by Gasteiger charge is 2.45.